The Kier molecular flexibility index (Phi) is 6.88. The molecule has 25 heavy (non-hydrogen) atoms. The summed E-state index contributed by atoms with van der Waals surface area (Å²) in [6, 6.07) is 8.08. The lowest BCUT2D eigenvalue weighted by molar-refractivity contribution is -0.122. The highest BCUT2D eigenvalue weighted by Crippen LogP contribution is 2.23. The quantitative estimate of drug-likeness (QED) is 0.809. The summed E-state index contributed by atoms with van der Waals surface area (Å²) in [6.07, 6.45) is 2.79. The average molecular weight is 365 g/mol. The molecule has 2 amide bonds. The maximum absolute atomic E-state index is 12.7. The van der Waals surface area contributed by atoms with Crippen molar-refractivity contribution in [3.63, 3.8) is 0 Å². The predicted molar refractivity (Wildman–Crippen MR) is 102 cm³/mol. The Hall–Kier alpha value is -1.55. The lowest BCUT2D eigenvalue weighted by Crippen LogP contribution is -2.46. The summed E-state index contributed by atoms with van der Waals surface area (Å²) in [7, 11) is 0. The lowest BCUT2D eigenvalue weighted by atomic mass is 9.86. The van der Waals surface area contributed by atoms with Gasteiger partial charge in [0.05, 0.1) is 0 Å². The molecule has 1 N–H and O–H groups in total. The van der Waals surface area contributed by atoms with E-state index in [1.54, 1.807) is 0 Å². The summed E-state index contributed by atoms with van der Waals surface area (Å²) in [5.41, 5.74) is 2.04. The number of nitrogens with zero attached hydrogens (tertiary/aromatic N) is 1. The Bertz CT molecular complexity index is 585. The monoisotopic (exact) mass is 364 g/mol. The number of nitrogens with one attached hydrogen (secondary N) is 1. The van der Waals surface area contributed by atoms with Crippen molar-refractivity contribution in [3.8, 4) is 0 Å². The Morgan fingerprint density at radius 3 is 2.28 bits per heavy atom. The molecular weight excluding hydrogens is 336 g/mol. The van der Waals surface area contributed by atoms with Crippen LogP contribution in [0.3, 0.4) is 0 Å². The Morgan fingerprint density at radius 1 is 1.16 bits per heavy atom. The zero-order valence-electron chi connectivity index (χ0n) is 15.5. The number of amides is 2. The van der Waals surface area contributed by atoms with Gasteiger partial charge in [-0.2, -0.15) is 0 Å². The topological polar surface area (TPSA) is 49.4 Å². The number of carbonyl (C=O) groups is 2. The molecule has 5 heteroatoms. The first-order valence-electron chi connectivity index (χ1n) is 9.06. The van der Waals surface area contributed by atoms with Gasteiger partial charge in [-0.15, -0.1) is 11.6 Å². The minimum absolute atomic E-state index is 0.0585. The molecule has 0 aromatic heterocycles. The number of hydrogen-bond acceptors (Lipinski definition) is 2. The van der Waals surface area contributed by atoms with Crippen LogP contribution >= 0.6 is 11.6 Å². The molecule has 2 rings (SSSR count). The molecule has 0 atom stereocenters. The van der Waals surface area contributed by atoms with Crippen LogP contribution < -0.4 is 5.32 Å². The number of benzene rings is 1. The number of rotatable bonds is 5. The molecule has 0 spiro atoms. The number of carbonyl (C=O) groups excluding carboxylic acids is 2. The van der Waals surface area contributed by atoms with Crippen LogP contribution in [0, 0.1) is 0 Å². The third kappa shape index (κ3) is 5.74. The Labute approximate surface area is 155 Å². The van der Waals surface area contributed by atoms with Gasteiger partial charge in [-0.3, -0.25) is 9.59 Å². The van der Waals surface area contributed by atoms with Crippen LogP contribution in [-0.2, 0) is 10.2 Å². The summed E-state index contributed by atoms with van der Waals surface area (Å²) in [5.74, 6) is 0.643. The molecule has 1 saturated heterocycles. The lowest BCUT2D eigenvalue weighted by Gasteiger charge is -2.32. The fourth-order valence-corrected chi connectivity index (χ4v) is 3.18. The van der Waals surface area contributed by atoms with E-state index in [0.29, 0.717) is 31.8 Å². The molecule has 1 aromatic rings. The fourth-order valence-electron chi connectivity index (χ4n) is 3.05. The van der Waals surface area contributed by atoms with E-state index in [1.807, 2.05) is 29.2 Å². The zero-order chi connectivity index (χ0) is 18.4. The van der Waals surface area contributed by atoms with Crippen molar-refractivity contribution in [1.29, 1.82) is 0 Å². The van der Waals surface area contributed by atoms with Gasteiger partial charge in [0.15, 0.2) is 0 Å². The number of halogens is 1. The molecule has 1 aromatic carbocycles. The summed E-state index contributed by atoms with van der Waals surface area (Å²) in [5, 5.41) is 3.04. The van der Waals surface area contributed by atoms with Crippen molar-refractivity contribution in [3.05, 3.63) is 35.4 Å². The largest absolute Gasteiger partial charge is 0.353 e. The van der Waals surface area contributed by atoms with Gasteiger partial charge < -0.3 is 10.2 Å². The van der Waals surface area contributed by atoms with E-state index in [9.17, 15) is 9.59 Å². The van der Waals surface area contributed by atoms with Gasteiger partial charge in [0, 0.05) is 37.0 Å². The zero-order valence-corrected chi connectivity index (χ0v) is 16.2. The normalized spacial score (nSPS) is 15.9. The SMILES string of the molecule is CC(C)(C)c1ccc(C(=O)N2CCC(NC(=O)CCCCl)CC2)cc1. The van der Waals surface area contributed by atoms with Gasteiger partial charge >= 0.3 is 0 Å². The van der Waals surface area contributed by atoms with E-state index in [-0.39, 0.29) is 23.3 Å². The summed E-state index contributed by atoms with van der Waals surface area (Å²) >= 11 is 5.61. The van der Waals surface area contributed by atoms with Crippen LogP contribution in [0.1, 0.15) is 62.4 Å². The van der Waals surface area contributed by atoms with E-state index in [2.05, 4.69) is 26.1 Å². The van der Waals surface area contributed by atoms with E-state index < -0.39 is 0 Å². The molecular formula is C20H29ClN2O2. The van der Waals surface area contributed by atoms with Crippen molar-refractivity contribution >= 4 is 23.4 Å². The molecule has 0 radical (unpaired) electrons. The Morgan fingerprint density at radius 2 is 1.76 bits per heavy atom. The number of likely N-dealkylation sites (tertiary alicyclic amines) is 1. The van der Waals surface area contributed by atoms with Gasteiger partial charge in [-0.25, -0.2) is 0 Å². The van der Waals surface area contributed by atoms with E-state index in [1.165, 1.54) is 5.56 Å². The maximum Gasteiger partial charge on any atom is 0.253 e. The van der Waals surface area contributed by atoms with Gasteiger partial charge in [-0.1, -0.05) is 32.9 Å². The van der Waals surface area contributed by atoms with Crippen LogP contribution in [0.4, 0.5) is 0 Å². The van der Waals surface area contributed by atoms with Crippen LogP contribution in [0.15, 0.2) is 24.3 Å². The van der Waals surface area contributed by atoms with Crippen molar-refractivity contribution in [2.24, 2.45) is 0 Å². The Balaban J connectivity index is 1.86. The van der Waals surface area contributed by atoms with Gasteiger partial charge in [-0.05, 0) is 42.4 Å². The molecule has 1 aliphatic rings. The molecule has 138 valence electrons. The van der Waals surface area contributed by atoms with Gasteiger partial charge in [0.25, 0.3) is 5.91 Å². The fraction of sp³-hybridized carbons (Fsp3) is 0.600. The van der Waals surface area contributed by atoms with Crippen LogP contribution in [-0.4, -0.2) is 41.7 Å². The molecule has 4 nitrogen and oxygen atoms in total. The molecule has 0 aliphatic carbocycles. The van der Waals surface area contributed by atoms with Crippen molar-refractivity contribution in [2.75, 3.05) is 19.0 Å². The molecule has 0 saturated carbocycles. The average Bonchev–Trinajstić information content (AvgIpc) is 2.59. The second-order valence-electron chi connectivity index (χ2n) is 7.75. The molecule has 0 bridgehead atoms. The summed E-state index contributed by atoms with van der Waals surface area (Å²) in [4.78, 5) is 26.3. The highest BCUT2D eigenvalue weighted by molar-refractivity contribution is 6.17. The first-order chi connectivity index (χ1) is 11.8. The summed E-state index contributed by atoms with van der Waals surface area (Å²) in [6.45, 7) is 7.85. The molecule has 0 unspecified atom stereocenters. The highest BCUT2D eigenvalue weighted by Gasteiger charge is 2.24. The number of piperidine rings is 1. The predicted octanol–water partition coefficient (Wildman–Crippen LogP) is 3.72. The van der Waals surface area contributed by atoms with Crippen molar-refractivity contribution in [2.45, 2.75) is 57.9 Å². The third-order valence-corrected chi connectivity index (χ3v) is 4.95. The highest BCUT2D eigenvalue weighted by atomic mass is 35.5. The van der Waals surface area contributed by atoms with E-state index >= 15 is 0 Å². The molecule has 1 fully saturated rings. The van der Waals surface area contributed by atoms with Gasteiger partial charge in [0.1, 0.15) is 0 Å². The molecule has 1 heterocycles. The minimum Gasteiger partial charge on any atom is -0.353 e. The van der Waals surface area contributed by atoms with Crippen LogP contribution in [0.5, 0.6) is 0 Å². The smallest absolute Gasteiger partial charge is 0.253 e. The van der Waals surface area contributed by atoms with Crippen molar-refractivity contribution < 1.29 is 9.59 Å². The maximum atomic E-state index is 12.7. The number of alkyl halides is 1. The second kappa shape index (κ2) is 8.70. The van der Waals surface area contributed by atoms with E-state index in [0.717, 1.165) is 18.4 Å². The summed E-state index contributed by atoms with van der Waals surface area (Å²) < 4.78 is 0. The molecule has 1 aliphatic heterocycles. The van der Waals surface area contributed by atoms with E-state index in [4.69, 9.17) is 11.6 Å². The first-order valence-corrected chi connectivity index (χ1v) is 9.60. The second-order valence-corrected chi connectivity index (χ2v) is 8.13. The van der Waals surface area contributed by atoms with Crippen LogP contribution in [0.25, 0.3) is 0 Å². The first kappa shape index (κ1) is 19.8. The minimum atomic E-state index is 0.0585. The van der Waals surface area contributed by atoms with Crippen LogP contribution in [0.2, 0.25) is 0 Å². The van der Waals surface area contributed by atoms with Gasteiger partial charge in [0.2, 0.25) is 5.91 Å². The third-order valence-electron chi connectivity index (χ3n) is 4.68. The number of hydrogen-bond donors (Lipinski definition) is 1. The standard InChI is InChI=1S/C20H29ClN2O2/c1-20(2,3)16-8-6-15(7-9-16)19(25)23-13-10-17(11-14-23)22-18(24)5-4-12-21/h6-9,17H,4-5,10-14H2,1-3H3,(H,22,24). The van der Waals surface area contributed by atoms with Crippen molar-refractivity contribution in [1.82, 2.24) is 10.2 Å².